The van der Waals surface area contributed by atoms with E-state index in [0.717, 1.165) is 6.54 Å². The summed E-state index contributed by atoms with van der Waals surface area (Å²) in [7, 11) is 2.24. The molecule has 0 spiro atoms. The second-order valence-electron chi connectivity index (χ2n) is 6.30. The Balaban J connectivity index is 2.35. The molecule has 2 unspecified atom stereocenters. The van der Waals surface area contributed by atoms with Crippen molar-refractivity contribution in [1.29, 1.82) is 0 Å². The number of unbranched alkanes of at least 4 members (excludes halogenated alkanes) is 4. The Bertz CT molecular complexity index is 220. The molecule has 0 saturated carbocycles. The molecule has 1 fully saturated rings. The lowest BCUT2D eigenvalue weighted by molar-refractivity contribution is 0.137. The van der Waals surface area contributed by atoms with Gasteiger partial charge in [0.15, 0.2) is 0 Å². The van der Waals surface area contributed by atoms with Crippen LogP contribution in [0.2, 0.25) is 0 Å². The molecule has 2 atom stereocenters. The minimum absolute atomic E-state index is 0.600. The van der Waals surface area contributed by atoms with Gasteiger partial charge in [0.2, 0.25) is 0 Å². The summed E-state index contributed by atoms with van der Waals surface area (Å²) in [5.41, 5.74) is 6.04. The Kier molecular flexibility index (Phi) is 8.67. The molecule has 1 aliphatic rings. The van der Waals surface area contributed by atoms with Gasteiger partial charge in [0, 0.05) is 31.7 Å². The van der Waals surface area contributed by atoms with Gasteiger partial charge in [0.05, 0.1) is 0 Å². The molecule has 1 heterocycles. The van der Waals surface area contributed by atoms with E-state index in [4.69, 9.17) is 5.73 Å². The van der Waals surface area contributed by atoms with Crippen LogP contribution in [0, 0.1) is 0 Å². The van der Waals surface area contributed by atoms with Gasteiger partial charge in [-0.25, -0.2) is 0 Å². The molecule has 19 heavy (non-hydrogen) atoms. The highest BCUT2D eigenvalue weighted by Crippen LogP contribution is 2.17. The third kappa shape index (κ3) is 6.24. The maximum absolute atomic E-state index is 6.04. The summed E-state index contributed by atoms with van der Waals surface area (Å²) in [5, 5.41) is 0. The van der Waals surface area contributed by atoms with Crippen LogP contribution in [0.1, 0.15) is 58.8 Å². The Morgan fingerprint density at radius 1 is 1.16 bits per heavy atom. The van der Waals surface area contributed by atoms with Crippen molar-refractivity contribution in [3.63, 3.8) is 0 Å². The zero-order valence-corrected chi connectivity index (χ0v) is 13.4. The van der Waals surface area contributed by atoms with Crippen molar-refractivity contribution in [1.82, 2.24) is 9.80 Å². The number of rotatable bonds is 8. The topological polar surface area (TPSA) is 32.5 Å². The van der Waals surface area contributed by atoms with Gasteiger partial charge in [-0.3, -0.25) is 4.90 Å². The van der Waals surface area contributed by atoms with Crippen molar-refractivity contribution in [2.45, 2.75) is 70.9 Å². The predicted octanol–water partition coefficient (Wildman–Crippen LogP) is 2.70. The third-order valence-electron chi connectivity index (χ3n) is 4.48. The largest absolute Gasteiger partial charge is 0.329 e. The second kappa shape index (κ2) is 9.73. The first kappa shape index (κ1) is 16.9. The van der Waals surface area contributed by atoms with Crippen molar-refractivity contribution >= 4 is 0 Å². The van der Waals surface area contributed by atoms with Gasteiger partial charge in [-0.15, -0.1) is 0 Å². The molecule has 3 nitrogen and oxygen atoms in total. The predicted molar refractivity (Wildman–Crippen MR) is 84.5 cm³/mol. The fourth-order valence-corrected chi connectivity index (χ4v) is 3.34. The fourth-order valence-electron chi connectivity index (χ4n) is 3.34. The Hall–Kier alpha value is -0.120. The maximum Gasteiger partial charge on any atom is 0.0221 e. The molecular formula is C16H35N3. The van der Waals surface area contributed by atoms with Crippen molar-refractivity contribution in [3.05, 3.63) is 0 Å². The van der Waals surface area contributed by atoms with E-state index in [0.29, 0.717) is 12.1 Å². The molecule has 1 saturated heterocycles. The second-order valence-corrected chi connectivity index (χ2v) is 6.30. The minimum Gasteiger partial charge on any atom is -0.329 e. The maximum atomic E-state index is 6.04. The van der Waals surface area contributed by atoms with Crippen LogP contribution in [0.25, 0.3) is 0 Å². The molecule has 0 aromatic heterocycles. The van der Waals surface area contributed by atoms with Gasteiger partial charge >= 0.3 is 0 Å². The van der Waals surface area contributed by atoms with Crippen LogP contribution in [0.5, 0.6) is 0 Å². The Morgan fingerprint density at radius 2 is 1.89 bits per heavy atom. The molecule has 0 aromatic carbocycles. The van der Waals surface area contributed by atoms with E-state index in [1.165, 1.54) is 64.6 Å². The monoisotopic (exact) mass is 269 g/mol. The van der Waals surface area contributed by atoms with Gasteiger partial charge in [-0.1, -0.05) is 39.0 Å². The van der Waals surface area contributed by atoms with Crippen LogP contribution in [0.15, 0.2) is 0 Å². The average Bonchev–Trinajstić information content (AvgIpc) is 2.55. The summed E-state index contributed by atoms with van der Waals surface area (Å²) < 4.78 is 0. The summed E-state index contributed by atoms with van der Waals surface area (Å²) in [5.74, 6) is 0. The summed E-state index contributed by atoms with van der Waals surface area (Å²) in [6.07, 6.45) is 9.41. The third-order valence-corrected chi connectivity index (χ3v) is 4.48. The van der Waals surface area contributed by atoms with Gasteiger partial charge in [0.1, 0.15) is 0 Å². The van der Waals surface area contributed by atoms with Crippen LogP contribution in [-0.2, 0) is 0 Å². The fraction of sp³-hybridized carbons (Fsp3) is 1.00. The van der Waals surface area contributed by atoms with E-state index in [9.17, 15) is 0 Å². The summed E-state index contributed by atoms with van der Waals surface area (Å²) >= 11 is 0. The van der Waals surface area contributed by atoms with E-state index >= 15 is 0 Å². The van der Waals surface area contributed by atoms with Crippen LogP contribution >= 0.6 is 0 Å². The van der Waals surface area contributed by atoms with Gasteiger partial charge in [-0.2, -0.15) is 0 Å². The summed E-state index contributed by atoms with van der Waals surface area (Å²) in [4.78, 5) is 5.13. The lowest BCUT2D eigenvalue weighted by Gasteiger charge is -2.35. The number of hydrogen-bond acceptors (Lipinski definition) is 3. The number of hydrogen-bond donors (Lipinski definition) is 1. The molecule has 0 bridgehead atoms. The standard InChI is InChI=1S/C16H35N3/c1-4-5-6-7-8-10-16(13-17)19-12-9-11-18(3)14-15(19)2/h15-16H,4-14,17H2,1-3H3. The molecule has 3 heteroatoms. The van der Waals surface area contributed by atoms with Crippen LogP contribution in [-0.4, -0.2) is 55.1 Å². The van der Waals surface area contributed by atoms with Crippen molar-refractivity contribution in [2.75, 3.05) is 33.2 Å². The highest BCUT2D eigenvalue weighted by molar-refractivity contribution is 4.82. The van der Waals surface area contributed by atoms with Crippen molar-refractivity contribution in [3.8, 4) is 0 Å². The SMILES string of the molecule is CCCCCCCC(CN)N1CCCN(C)CC1C. The Labute approximate surface area is 120 Å². The van der Waals surface area contributed by atoms with Gasteiger partial charge in [0.25, 0.3) is 0 Å². The normalized spacial score (nSPS) is 24.3. The van der Waals surface area contributed by atoms with Crippen LogP contribution in [0.4, 0.5) is 0 Å². The molecule has 1 aliphatic heterocycles. The number of likely N-dealkylation sites (N-methyl/N-ethyl adjacent to an activating group) is 1. The van der Waals surface area contributed by atoms with Gasteiger partial charge in [-0.05, 0) is 33.4 Å². The molecule has 2 N–H and O–H groups in total. The smallest absolute Gasteiger partial charge is 0.0221 e. The van der Waals surface area contributed by atoms with Crippen LogP contribution in [0.3, 0.4) is 0 Å². The summed E-state index contributed by atoms with van der Waals surface area (Å²) in [6.45, 7) is 9.10. The average molecular weight is 269 g/mol. The van der Waals surface area contributed by atoms with E-state index in [2.05, 4.69) is 30.7 Å². The Morgan fingerprint density at radius 3 is 2.58 bits per heavy atom. The van der Waals surface area contributed by atoms with Crippen LogP contribution < -0.4 is 5.73 Å². The van der Waals surface area contributed by atoms with E-state index in [1.54, 1.807) is 0 Å². The lowest BCUT2D eigenvalue weighted by Crippen LogP contribution is -2.47. The molecule has 0 amide bonds. The first-order valence-corrected chi connectivity index (χ1v) is 8.33. The quantitative estimate of drug-likeness (QED) is 0.688. The van der Waals surface area contributed by atoms with E-state index in [1.807, 2.05) is 0 Å². The molecule has 1 rings (SSSR count). The first-order chi connectivity index (χ1) is 9.19. The number of nitrogens with zero attached hydrogens (tertiary/aromatic N) is 2. The number of nitrogens with two attached hydrogens (primary N) is 1. The summed E-state index contributed by atoms with van der Waals surface area (Å²) in [6, 6.07) is 1.25. The molecule has 114 valence electrons. The van der Waals surface area contributed by atoms with E-state index < -0.39 is 0 Å². The highest BCUT2D eigenvalue weighted by Gasteiger charge is 2.25. The molecule has 0 aliphatic carbocycles. The zero-order valence-electron chi connectivity index (χ0n) is 13.4. The van der Waals surface area contributed by atoms with Crippen molar-refractivity contribution < 1.29 is 0 Å². The van der Waals surface area contributed by atoms with E-state index in [-0.39, 0.29) is 0 Å². The zero-order chi connectivity index (χ0) is 14.1. The first-order valence-electron chi connectivity index (χ1n) is 8.33. The highest BCUT2D eigenvalue weighted by atomic mass is 15.2. The molecule has 0 radical (unpaired) electrons. The molecular weight excluding hydrogens is 234 g/mol. The van der Waals surface area contributed by atoms with Crippen molar-refractivity contribution in [2.24, 2.45) is 5.73 Å². The molecule has 0 aromatic rings. The lowest BCUT2D eigenvalue weighted by atomic mass is 10.0. The minimum atomic E-state index is 0.600. The van der Waals surface area contributed by atoms with Gasteiger partial charge < -0.3 is 10.6 Å².